The zero-order valence-corrected chi connectivity index (χ0v) is 11.4. The van der Waals surface area contributed by atoms with Gasteiger partial charge in [-0.2, -0.15) is 0 Å². The Morgan fingerprint density at radius 3 is 3.05 bits per heavy atom. The minimum atomic E-state index is -0.0740. The van der Waals surface area contributed by atoms with Crippen LogP contribution >= 0.6 is 0 Å². The predicted octanol–water partition coefficient (Wildman–Crippen LogP) is 2.39. The summed E-state index contributed by atoms with van der Waals surface area (Å²) in [7, 11) is 0. The number of hydrogen-bond donors (Lipinski definition) is 2. The van der Waals surface area contributed by atoms with Crippen molar-refractivity contribution in [2.24, 2.45) is 5.73 Å². The molecule has 104 valence electrons. The van der Waals surface area contributed by atoms with E-state index in [1.54, 1.807) is 0 Å². The van der Waals surface area contributed by atoms with Crippen molar-refractivity contribution in [2.45, 2.75) is 38.6 Å². The summed E-state index contributed by atoms with van der Waals surface area (Å²) in [6, 6.07) is 5.68. The molecule has 3 N–H and O–H groups in total. The molecule has 0 bridgehead atoms. The van der Waals surface area contributed by atoms with Crippen molar-refractivity contribution in [2.75, 3.05) is 13.2 Å². The van der Waals surface area contributed by atoms with Gasteiger partial charge in [-0.15, -0.1) is 0 Å². The minimum Gasteiger partial charge on any atom is -0.491 e. The molecule has 0 spiro atoms. The number of amides is 1. The number of hydrogen-bond acceptors (Lipinski definition) is 3. The number of benzene rings is 1. The molecule has 1 aliphatic heterocycles. The Bertz CT molecular complexity index is 446. The topological polar surface area (TPSA) is 64.4 Å². The Hall–Kier alpha value is -1.55. The number of carbonyl (C=O) groups is 1. The van der Waals surface area contributed by atoms with Gasteiger partial charge in [0.1, 0.15) is 12.4 Å². The van der Waals surface area contributed by atoms with Crippen molar-refractivity contribution in [1.82, 2.24) is 5.32 Å². The number of nitrogens with two attached hydrogens (primary N) is 1. The van der Waals surface area contributed by atoms with Crippen molar-refractivity contribution in [3.05, 3.63) is 29.3 Å². The van der Waals surface area contributed by atoms with E-state index >= 15 is 0 Å². The summed E-state index contributed by atoms with van der Waals surface area (Å²) in [6.45, 7) is 3.24. The fourth-order valence-corrected chi connectivity index (χ4v) is 2.28. The lowest BCUT2D eigenvalue weighted by atomic mass is 9.99. The summed E-state index contributed by atoms with van der Waals surface area (Å²) in [5.41, 5.74) is 7.79. The van der Waals surface area contributed by atoms with Crippen LogP contribution in [0.25, 0.3) is 0 Å². The second kappa shape index (κ2) is 6.57. The Kier molecular flexibility index (Phi) is 4.80. The SMILES string of the molecule is CCCCCC(N)c1ccc2c(c1)C(=O)NCCO2. The second-order valence-electron chi connectivity index (χ2n) is 4.96. The highest BCUT2D eigenvalue weighted by Crippen LogP contribution is 2.26. The van der Waals surface area contributed by atoms with Crippen LogP contribution in [-0.2, 0) is 0 Å². The molecule has 1 amide bonds. The Labute approximate surface area is 114 Å². The van der Waals surface area contributed by atoms with E-state index in [1.165, 1.54) is 12.8 Å². The number of nitrogens with one attached hydrogen (secondary N) is 1. The average Bonchev–Trinajstić information content (AvgIpc) is 2.61. The Balaban J connectivity index is 2.12. The minimum absolute atomic E-state index is 0.00657. The van der Waals surface area contributed by atoms with E-state index in [0.29, 0.717) is 24.5 Å². The molecule has 0 saturated carbocycles. The van der Waals surface area contributed by atoms with Crippen molar-refractivity contribution in [1.29, 1.82) is 0 Å². The van der Waals surface area contributed by atoms with Gasteiger partial charge in [0.2, 0.25) is 0 Å². The first kappa shape index (κ1) is 13.9. The third-order valence-electron chi connectivity index (χ3n) is 3.44. The van der Waals surface area contributed by atoms with Crippen LogP contribution in [0.5, 0.6) is 5.75 Å². The number of unbranched alkanes of at least 4 members (excludes halogenated alkanes) is 2. The van der Waals surface area contributed by atoms with E-state index in [-0.39, 0.29) is 11.9 Å². The third-order valence-corrected chi connectivity index (χ3v) is 3.44. The fraction of sp³-hybridized carbons (Fsp3) is 0.533. The molecule has 0 radical (unpaired) electrons. The van der Waals surface area contributed by atoms with Gasteiger partial charge in [0.05, 0.1) is 12.1 Å². The zero-order chi connectivity index (χ0) is 13.7. The molecule has 1 atom stereocenters. The molecule has 0 fully saturated rings. The molecule has 0 saturated heterocycles. The normalized spacial score (nSPS) is 16.0. The van der Waals surface area contributed by atoms with E-state index in [0.717, 1.165) is 18.4 Å². The summed E-state index contributed by atoms with van der Waals surface area (Å²) in [4.78, 5) is 11.9. The maximum absolute atomic E-state index is 11.9. The molecule has 1 unspecified atom stereocenters. The van der Waals surface area contributed by atoms with Crippen LogP contribution in [-0.4, -0.2) is 19.1 Å². The molecular formula is C15H22N2O2. The van der Waals surface area contributed by atoms with E-state index < -0.39 is 0 Å². The first-order valence-electron chi connectivity index (χ1n) is 7.03. The van der Waals surface area contributed by atoms with Gasteiger partial charge in [0.15, 0.2) is 0 Å². The highest BCUT2D eigenvalue weighted by molar-refractivity contribution is 5.97. The van der Waals surface area contributed by atoms with E-state index in [4.69, 9.17) is 10.5 Å². The maximum Gasteiger partial charge on any atom is 0.255 e. The van der Waals surface area contributed by atoms with Crippen LogP contribution in [0.2, 0.25) is 0 Å². The van der Waals surface area contributed by atoms with Gasteiger partial charge in [-0.3, -0.25) is 4.79 Å². The lowest BCUT2D eigenvalue weighted by Gasteiger charge is -2.14. The molecular weight excluding hydrogens is 240 g/mol. The standard InChI is InChI=1S/C15H22N2O2/c1-2-3-4-5-13(16)11-6-7-14-12(10-11)15(18)17-8-9-19-14/h6-7,10,13H,2-5,8-9,16H2,1H3,(H,17,18). The smallest absolute Gasteiger partial charge is 0.255 e. The zero-order valence-electron chi connectivity index (χ0n) is 11.4. The van der Waals surface area contributed by atoms with Crippen molar-refractivity contribution in [3.63, 3.8) is 0 Å². The quantitative estimate of drug-likeness (QED) is 0.801. The van der Waals surface area contributed by atoms with Gasteiger partial charge in [0, 0.05) is 6.04 Å². The van der Waals surface area contributed by atoms with Crippen LogP contribution in [0.4, 0.5) is 0 Å². The average molecular weight is 262 g/mol. The van der Waals surface area contributed by atoms with Crippen LogP contribution < -0.4 is 15.8 Å². The molecule has 19 heavy (non-hydrogen) atoms. The van der Waals surface area contributed by atoms with Gasteiger partial charge in [-0.25, -0.2) is 0 Å². The number of carbonyl (C=O) groups excluding carboxylic acids is 1. The van der Waals surface area contributed by atoms with Crippen molar-refractivity contribution >= 4 is 5.91 Å². The molecule has 0 aromatic heterocycles. The Morgan fingerprint density at radius 2 is 2.26 bits per heavy atom. The van der Waals surface area contributed by atoms with Gasteiger partial charge in [-0.1, -0.05) is 32.3 Å². The van der Waals surface area contributed by atoms with Crippen molar-refractivity contribution in [3.8, 4) is 5.75 Å². The fourth-order valence-electron chi connectivity index (χ4n) is 2.28. The van der Waals surface area contributed by atoms with E-state index in [9.17, 15) is 4.79 Å². The van der Waals surface area contributed by atoms with Gasteiger partial charge in [-0.05, 0) is 24.1 Å². The summed E-state index contributed by atoms with van der Waals surface area (Å²) in [5.74, 6) is 0.578. The molecule has 0 aliphatic carbocycles. The largest absolute Gasteiger partial charge is 0.491 e. The molecule has 1 aromatic carbocycles. The molecule has 1 aliphatic rings. The number of fused-ring (bicyclic) bond motifs is 1. The third kappa shape index (κ3) is 3.47. The maximum atomic E-state index is 11.9. The van der Waals surface area contributed by atoms with Gasteiger partial charge in [0.25, 0.3) is 5.91 Å². The Morgan fingerprint density at radius 1 is 1.42 bits per heavy atom. The predicted molar refractivity (Wildman–Crippen MR) is 75.3 cm³/mol. The first-order valence-corrected chi connectivity index (χ1v) is 7.03. The van der Waals surface area contributed by atoms with Crippen LogP contribution in [0.15, 0.2) is 18.2 Å². The van der Waals surface area contributed by atoms with Crippen molar-refractivity contribution < 1.29 is 9.53 Å². The highest BCUT2D eigenvalue weighted by Gasteiger charge is 2.18. The second-order valence-corrected chi connectivity index (χ2v) is 4.96. The van der Waals surface area contributed by atoms with Gasteiger partial charge < -0.3 is 15.8 Å². The summed E-state index contributed by atoms with van der Waals surface area (Å²) < 4.78 is 5.53. The van der Waals surface area contributed by atoms with Crippen LogP contribution in [0.1, 0.15) is 54.6 Å². The monoisotopic (exact) mass is 262 g/mol. The highest BCUT2D eigenvalue weighted by atomic mass is 16.5. The van der Waals surface area contributed by atoms with E-state index in [2.05, 4.69) is 12.2 Å². The lowest BCUT2D eigenvalue weighted by molar-refractivity contribution is 0.0957. The molecule has 2 rings (SSSR count). The van der Waals surface area contributed by atoms with E-state index in [1.807, 2.05) is 18.2 Å². The number of ether oxygens (including phenoxy) is 1. The molecule has 4 nitrogen and oxygen atoms in total. The van der Waals surface area contributed by atoms with Crippen LogP contribution in [0, 0.1) is 0 Å². The first-order chi connectivity index (χ1) is 9.22. The molecule has 4 heteroatoms. The molecule has 1 heterocycles. The summed E-state index contributed by atoms with van der Waals surface area (Å²) >= 11 is 0. The number of rotatable bonds is 5. The van der Waals surface area contributed by atoms with Gasteiger partial charge >= 0.3 is 0 Å². The van der Waals surface area contributed by atoms with Crippen LogP contribution in [0.3, 0.4) is 0 Å². The summed E-state index contributed by atoms with van der Waals surface area (Å²) in [5, 5.41) is 2.81. The summed E-state index contributed by atoms with van der Waals surface area (Å²) in [6.07, 6.45) is 4.46. The lowest BCUT2D eigenvalue weighted by Crippen LogP contribution is -2.24. The molecule has 1 aromatic rings.